The van der Waals surface area contributed by atoms with Gasteiger partial charge in [0, 0.05) is 24.7 Å². The lowest BCUT2D eigenvalue weighted by Gasteiger charge is -2.26. The van der Waals surface area contributed by atoms with Gasteiger partial charge in [0.05, 0.1) is 35.2 Å². The maximum Gasteiger partial charge on any atom is 0.375 e. The molecule has 0 radical (unpaired) electrons. The van der Waals surface area contributed by atoms with Gasteiger partial charge in [0.15, 0.2) is 6.54 Å². The van der Waals surface area contributed by atoms with Crippen LogP contribution in [0.25, 0.3) is 17.2 Å². The number of para-hydroxylation sites is 4. The second kappa shape index (κ2) is 9.68. The van der Waals surface area contributed by atoms with Crippen LogP contribution in [0.4, 0.5) is 11.4 Å². The lowest BCUT2D eigenvalue weighted by atomic mass is 9.87. The van der Waals surface area contributed by atoms with E-state index >= 15 is 0 Å². The van der Waals surface area contributed by atoms with Crippen LogP contribution in [-0.4, -0.2) is 35.7 Å². The first-order chi connectivity index (χ1) is 18.6. The Morgan fingerprint density at radius 2 is 1.58 bits per heavy atom. The summed E-state index contributed by atoms with van der Waals surface area (Å²) in [7, 11) is 0. The van der Waals surface area contributed by atoms with Crippen molar-refractivity contribution in [1.29, 1.82) is 0 Å². The number of rotatable bonds is 7. The number of carbonyl (C=O) groups is 1. The molecule has 0 amide bonds. The van der Waals surface area contributed by atoms with Gasteiger partial charge in [0.1, 0.15) is 11.6 Å². The first-order valence-corrected chi connectivity index (χ1v) is 12.7. The number of oxazole rings is 1. The van der Waals surface area contributed by atoms with Crippen molar-refractivity contribution >= 4 is 34.3 Å². The van der Waals surface area contributed by atoms with Crippen molar-refractivity contribution in [2.45, 2.75) is 13.5 Å². The van der Waals surface area contributed by atoms with Crippen LogP contribution in [0.15, 0.2) is 112 Å². The van der Waals surface area contributed by atoms with Gasteiger partial charge in [0.2, 0.25) is 11.4 Å². The summed E-state index contributed by atoms with van der Waals surface area (Å²) in [5.41, 5.74) is 5.12. The van der Waals surface area contributed by atoms with E-state index < -0.39 is 0 Å². The molecule has 0 saturated heterocycles. The summed E-state index contributed by atoms with van der Waals surface area (Å²) in [6, 6.07) is 25.7. The number of Topliss-reactive ketones (excluding diaryl/α,β-unsaturated/α-hetero) is 1. The highest BCUT2D eigenvalue weighted by Crippen LogP contribution is 2.43. The normalized spacial score (nSPS) is 17.2. The highest BCUT2D eigenvalue weighted by atomic mass is 16.4. The monoisotopic (exact) mass is 506 g/mol. The van der Waals surface area contributed by atoms with E-state index in [2.05, 4.69) is 4.90 Å². The zero-order valence-corrected chi connectivity index (χ0v) is 21.0. The molecule has 1 aromatic heterocycles. The molecule has 190 valence electrons. The third kappa shape index (κ3) is 3.88. The number of anilines is 2. The van der Waals surface area contributed by atoms with E-state index in [0.29, 0.717) is 31.1 Å². The molecular weight excluding hydrogens is 478 g/mol. The van der Waals surface area contributed by atoms with Crippen LogP contribution in [0.2, 0.25) is 0 Å². The van der Waals surface area contributed by atoms with Crippen molar-refractivity contribution in [3.05, 3.63) is 119 Å². The van der Waals surface area contributed by atoms with E-state index in [0.717, 1.165) is 28.3 Å². The van der Waals surface area contributed by atoms with Crippen molar-refractivity contribution in [3.8, 4) is 0 Å². The molecule has 0 saturated carbocycles. The van der Waals surface area contributed by atoms with Gasteiger partial charge in [-0.15, -0.1) is 0 Å². The van der Waals surface area contributed by atoms with Gasteiger partial charge in [0.25, 0.3) is 5.52 Å². The van der Waals surface area contributed by atoms with Gasteiger partial charge < -0.3 is 24.4 Å². The number of ketones is 1. The summed E-state index contributed by atoms with van der Waals surface area (Å²) >= 11 is 0. The van der Waals surface area contributed by atoms with Crippen LogP contribution >= 0.6 is 0 Å². The maximum absolute atomic E-state index is 13.3. The summed E-state index contributed by atoms with van der Waals surface area (Å²) in [5, 5.41) is 20.7. The molecule has 0 spiro atoms. The van der Waals surface area contributed by atoms with Crippen LogP contribution in [0, 0.1) is 0 Å². The average Bonchev–Trinajstić information content (AvgIpc) is 3.45. The molecule has 2 heterocycles. The molecule has 7 heteroatoms. The van der Waals surface area contributed by atoms with Gasteiger partial charge in [-0.25, -0.2) is 0 Å². The quantitative estimate of drug-likeness (QED) is 0.279. The summed E-state index contributed by atoms with van der Waals surface area (Å²) in [6.45, 7) is 3.60. The highest BCUT2D eigenvalue weighted by Gasteiger charge is 2.38. The zero-order valence-electron chi connectivity index (χ0n) is 21.0. The summed E-state index contributed by atoms with van der Waals surface area (Å²) in [6.07, 6.45) is 3.33. The number of aromatic nitrogens is 1. The van der Waals surface area contributed by atoms with Gasteiger partial charge >= 0.3 is 5.89 Å². The van der Waals surface area contributed by atoms with Crippen molar-refractivity contribution in [3.63, 3.8) is 0 Å². The van der Waals surface area contributed by atoms with E-state index in [1.165, 1.54) is 0 Å². The van der Waals surface area contributed by atoms with Crippen LogP contribution in [0.1, 0.15) is 18.4 Å². The number of hydrogen-bond donors (Lipinski definition) is 2. The maximum atomic E-state index is 13.3. The Hall–Kier alpha value is -4.62. The lowest BCUT2D eigenvalue weighted by Crippen LogP contribution is -2.36. The molecule has 4 aromatic rings. The highest BCUT2D eigenvalue weighted by molar-refractivity contribution is 6.23. The Labute approximate surface area is 220 Å². The summed E-state index contributed by atoms with van der Waals surface area (Å²) in [5.74, 6) is 0.921. The molecule has 3 aromatic carbocycles. The number of nitrogens with zero attached hydrogens (tertiary/aromatic N) is 3. The minimum Gasteiger partial charge on any atom is -0.506 e. The molecule has 1 aliphatic heterocycles. The number of aliphatic hydroxyl groups excluding tert-OH is 2. The molecule has 0 unspecified atom stereocenters. The van der Waals surface area contributed by atoms with Crippen LogP contribution < -0.4 is 14.4 Å². The number of fused-ring (bicyclic) bond motifs is 2. The topological polar surface area (TPSA) is 81.0 Å². The largest absolute Gasteiger partial charge is 0.506 e. The molecule has 0 fully saturated rings. The van der Waals surface area contributed by atoms with Crippen molar-refractivity contribution in [2.75, 3.05) is 29.5 Å². The first-order valence-electron chi connectivity index (χ1n) is 12.7. The Kier molecular flexibility index (Phi) is 6.05. The number of allylic oxidation sites excluding steroid dienone is 3. The summed E-state index contributed by atoms with van der Waals surface area (Å²) < 4.78 is 8.11. The molecule has 38 heavy (non-hydrogen) atoms. The van der Waals surface area contributed by atoms with Gasteiger partial charge in [-0.05, 0) is 31.2 Å². The lowest BCUT2D eigenvalue weighted by molar-refractivity contribution is -0.669. The van der Waals surface area contributed by atoms with E-state index in [1.54, 1.807) is 12.2 Å². The minimum atomic E-state index is -0.252. The van der Waals surface area contributed by atoms with Crippen molar-refractivity contribution in [1.82, 2.24) is 0 Å². The Balaban J connectivity index is 1.40. The molecule has 0 atom stereocenters. The number of β-amino-alcohol motifs (C(OH)–C–C–N with tert-alkyl or cyclic N) is 1. The Morgan fingerprint density at radius 3 is 2.29 bits per heavy atom. The average molecular weight is 507 g/mol. The second-order valence-corrected chi connectivity index (χ2v) is 9.24. The van der Waals surface area contributed by atoms with Crippen molar-refractivity contribution < 1.29 is 24.0 Å². The third-order valence-electron chi connectivity index (χ3n) is 7.02. The Bertz CT molecular complexity index is 1630. The predicted molar refractivity (Wildman–Crippen MR) is 147 cm³/mol. The van der Waals surface area contributed by atoms with E-state index in [-0.39, 0.29) is 29.3 Å². The number of benzene rings is 3. The molecule has 7 nitrogen and oxygen atoms in total. The van der Waals surface area contributed by atoms with Gasteiger partial charge in [-0.3, -0.25) is 4.79 Å². The van der Waals surface area contributed by atoms with Gasteiger partial charge in [-0.1, -0.05) is 54.6 Å². The molecule has 1 aliphatic carbocycles. The molecular formula is C31H28N3O4+. The predicted octanol–water partition coefficient (Wildman–Crippen LogP) is 4.73. The van der Waals surface area contributed by atoms with E-state index in [4.69, 9.17) is 4.42 Å². The molecule has 6 rings (SSSR count). The number of aliphatic hydroxyl groups is 2. The van der Waals surface area contributed by atoms with Gasteiger partial charge in [-0.2, -0.15) is 4.57 Å². The fourth-order valence-corrected chi connectivity index (χ4v) is 5.19. The minimum absolute atomic E-state index is 0.0408. The van der Waals surface area contributed by atoms with Crippen LogP contribution in [-0.2, 0) is 11.3 Å². The first kappa shape index (κ1) is 23.8. The third-order valence-corrected chi connectivity index (χ3v) is 7.02. The van der Waals surface area contributed by atoms with Crippen LogP contribution in [0.5, 0.6) is 0 Å². The number of hydrogen-bond acceptors (Lipinski definition) is 6. The number of carbonyl (C=O) groups excluding carboxylic acids is 1. The zero-order chi connectivity index (χ0) is 26.2. The SMILES string of the molecule is CCN1/C(=C/C2=C(O)C(=C\c3oc4ccccc4[n+]3Cc3ccccc3)/C2=O)N(CCO)c2ccccc21. The molecule has 2 aliphatic rings. The molecule has 0 bridgehead atoms. The summed E-state index contributed by atoms with van der Waals surface area (Å²) in [4.78, 5) is 17.4. The fourth-order valence-electron chi connectivity index (χ4n) is 5.19. The fraction of sp³-hybridized carbons (Fsp3) is 0.161. The van der Waals surface area contributed by atoms with E-state index in [9.17, 15) is 15.0 Å². The second-order valence-electron chi connectivity index (χ2n) is 9.24. The standard InChI is InChI=1S/C31H27N3O4/c1-2-32-24-12-6-7-13-25(24)33(16-17-35)28(32)18-22-30(36)23(31(22)37)19-29-34(20-21-10-4-3-5-11-21)26-14-8-9-15-27(26)38-29/h3-15,18-19,35H,2,16-17,20H2,1H3/p+1. The Morgan fingerprint density at radius 1 is 0.895 bits per heavy atom. The molecule has 2 N–H and O–H groups in total. The smallest absolute Gasteiger partial charge is 0.375 e. The van der Waals surface area contributed by atoms with E-state index in [1.807, 2.05) is 95.3 Å². The van der Waals surface area contributed by atoms with Crippen molar-refractivity contribution in [2.24, 2.45) is 0 Å². The van der Waals surface area contributed by atoms with Crippen LogP contribution in [0.3, 0.4) is 0 Å².